The molecule has 1 aromatic heterocycles. The maximum atomic E-state index is 13.2. The molecule has 0 saturated heterocycles. The summed E-state index contributed by atoms with van der Waals surface area (Å²) in [6, 6.07) is 18.0. The largest absolute Gasteiger partial charge is 0.497 e. The molecule has 0 radical (unpaired) electrons. The van der Waals surface area contributed by atoms with E-state index < -0.39 is 6.03 Å². The maximum Gasteiger partial charge on any atom is 0.323 e. The lowest BCUT2D eigenvalue weighted by molar-refractivity contribution is 0.262. The number of halogens is 2. The van der Waals surface area contributed by atoms with E-state index >= 15 is 0 Å². The number of hydrogen-bond acceptors (Lipinski definition) is 7. The van der Waals surface area contributed by atoms with Gasteiger partial charge in [-0.2, -0.15) is 0 Å². The molecule has 11 heteroatoms. The number of hydrogen-bond donors (Lipinski definition) is 2. The van der Waals surface area contributed by atoms with Crippen LogP contribution in [0.3, 0.4) is 0 Å². The zero-order valence-electron chi connectivity index (χ0n) is 23.3. The third kappa shape index (κ3) is 6.99. The SMILES string of the molecule is COc1ccc2nc(-c3cc(OC)c(OC)c(OC)c3)cc(NC(=O)Nc3ccc(N(CCCl)CCCl)cc3)c2c1. The van der Waals surface area contributed by atoms with Gasteiger partial charge in [0, 0.05) is 47.2 Å². The summed E-state index contributed by atoms with van der Waals surface area (Å²) in [6.45, 7) is 1.35. The monoisotopic (exact) mass is 598 g/mol. The predicted octanol–water partition coefficient (Wildman–Crippen LogP) is 6.86. The van der Waals surface area contributed by atoms with E-state index in [1.807, 2.05) is 54.6 Å². The summed E-state index contributed by atoms with van der Waals surface area (Å²) in [6.07, 6.45) is 0. The van der Waals surface area contributed by atoms with Gasteiger partial charge in [0.2, 0.25) is 5.75 Å². The number of pyridine rings is 1. The number of alkyl halides is 2. The minimum atomic E-state index is -0.415. The Labute approximate surface area is 249 Å². The first-order valence-electron chi connectivity index (χ1n) is 12.8. The summed E-state index contributed by atoms with van der Waals surface area (Å²) >= 11 is 11.9. The van der Waals surface area contributed by atoms with Gasteiger partial charge >= 0.3 is 6.03 Å². The van der Waals surface area contributed by atoms with Crippen molar-refractivity contribution in [1.82, 2.24) is 4.98 Å². The van der Waals surface area contributed by atoms with Crippen LogP contribution in [0.2, 0.25) is 0 Å². The normalized spacial score (nSPS) is 10.7. The number of urea groups is 1. The molecule has 0 spiro atoms. The summed E-state index contributed by atoms with van der Waals surface area (Å²) in [5.74, 6) is 3.07. The Hall–Kier alpha value is -4.08. The highest BCUT2D eigenvalue weighted by molar-refractivity contribution is 6.18. The van der Waals surface area contributed by atoms with Crippen molar-refractivity contribution in [2.45, 2.75) is 0 Å². The van der Waals surface area contributed by atoms with Crippen molar-refractivity contribution in [3.05, 3.63) is 60.7 Å². The van der Waals surface area contributed by atoms with Gasteiger partial charge in [-0.25, -0.2) is 9.78 Å². The first-order valence-corrected chi connectivity index (χ1v) is 13.9. The van der Waals surface area contributed by atoms with E-state index in [0.717, 1.165) is 11.3 Å². The summed E-state index contributed by atoms with van der Waals surface area (Å²) in [5.41, 5.74) is 4.12. The molecule has 0 fully saturated rings. The molecule has 3 aromatic carbocycles. The molecule has 0 aliphatic carbocycles. The zero-order chi connectivity index (χ0) is 29.4. The number of methoxy groups -OCH3 is 4. The van der Waals surface area contributed by atoms with Gasteiger partial charge in [-0.15, -0.1) is 23.2 Å². The highest BCUT2D eigenvalue weighted by atomic mass is 35.5. The second kappa shape index (κ2) is 14.0. The van der Waals surface area contributed by atoms with Crippen LogP contribution in [0.4, 0.5) is 21.9 Å². The molecule has 4 aromatic rings. The van der Waals surface area contributed by atoms with Gasteiger partial charge in [-0.3, -0.25) is 0 Å². The second-order valence-corrected chi connectivity index (χ2v) is 9.60. The van der Waals surface area contributed by atoms with E-state index in [0.29, 0.717) is 75.8 Å². The molecule has 0 saturated carbocycles. The Balaban J connectivity index is 1.67. The second-order valence-electron chi connectivity index (χ2n) is 8.84. The fourth-order valence-corrected chi connectivity index (χ4v) is 4.83. The molecule has 0 unspecified atom stereocenters. The highest BCUT2D eigenvalue weighted by Gasteiger charge is 2.17. The van der Waals surface area contributed by atoms with Crippen LogP contribution in [-0.4, -0.2) is 64.3 Å². The number of fused-ring (bicyclic) bond motifs is 1. The smallest absolute Gasteiger partial charge is 0.323 e. The summed E-state index contributed by atoms with van der Waals surface area (Å²) in [5, 5.41) is 6.58. The number of aromatic nitrogens is 1. The Kier molecular flexibility index (Phi) is 10.2. The Morgan fingerprint density at radius 2 is 1.46 bits per heavy atom. The molecule has 1 heterocycles. The van der Waals surface area contributed by atoms with Crippen LogP contribution in [-0.2, 0) is 0 Å². The van der Waals surface area contributed by atoms with Gasteiger partial charge in [0.1, 0.15) is 5.75 Å². The summed E-state index contributed by atoms with van der Waals surface area (Å²) < 4.78 is 21.9. The van der Waals surface area contributed by atoms with E-state index in [2.05, 4.69) is 15.5 Å². The lowest BCUT2D eigenvalue weighted by Gasteiger charge is -2.23. The van der Waals surface area contributed by atoms with Crippen LogP contribution >= 0.6 is 23.2 Å². The number of amides is 2. The molecule has 0 bridgehead atoms. The number of carbonyl (C=O) groups is 1. The lowest BCUT2D eigenvalue weighted by atomic mass is 10.1. The average molecular weight is 600 g/mol. The number of rotatable bonds is 12. The molecule has 41 heavy (non-hydrogen) atoms. The Morgan fingerprint density at radius 3 is 2.02 bits per heavy atom. The first kappa shape index (κ1) is 29.9. The molecular formula is C30H32Cl2N4O5. The van der Waals surface area contributed by atoms with Crippen molar-refractivity contribution in [2.24, 2.45) is 0 Å². The minimum absolute atomic E-state index is 0.415. The quantitative estimate of drug-likeness (QED) is 0.172. The van der Waals surface area contributed by atoms with Gasteiger partial charge in [-0.1, -0.05) is 0 Å². The molecule has 9 nitrogen and oxygen atoms in total. The van der Waals surface area contributed by atoms with Crippen LogP contribution in [0.25, 0.3) is 22.2 Å². The number of nitrogens with zero attached hydrogens (tertiary/aromatic N) is 2. The molecule has 0 aliphatic rings. The van der Waals surface area contributed by atoms with Gasteiger partial charge in [0.25, 0.3) is 0 Å². The molecule has 2 amide bonds. The van der Waals surface area contributed by atoms with Crippen molar-refractivity contribution in [3.8, 4) is 34.3 Å². The van der Waals surface area contributed by atoms with Crippen molar-refractivity contribution in [2.75, 3.05) is 68.8 Å². The van der Waals surface area contributed by atoms with E-state index in [4.69, 9.17) is 47.1 Å². The summed E-state index contributed by atoms with van der Waals surface area (Å²) in [7, 11) is 6.24. The Morgan fingerprint density at radius 1 is 0.805 bits per heavy atom. The van der Waals surface area contributed by atoms with Gasteiger partial charge in [0.05, 0.1) is 45.3 Å². The molecular weight excluding hydrogens is 567 g/mol. The fraction of sp³-hybridized carbons (Fsp3) is 0.267. The van der Waals surface area contributed by atoms with E-state index in [1.165, 1.54) is 0 Å². The highest BCUT2D eigenvalue weighted by Crippen LogP contribution is 2.42. The van der Waals surface area contributed by atoms with Crippen LogP contribution in [0.1, 0.15) is 0 Å². The number of nitrogens with one attached hydrogen (secondary N) is 2. The average Bonchev–Trinajstić information content (AvgIpc) is 3.00. The topological polar surface area (TPSA) is 94.2 Å². The number of anilines is 3. The third-order valence-electron chi connectivity index (χ3n) is 6.42. The van der Waals surface area contributed by atoms with Crippen LogP contribution < -0.4 is 34.5 Å². The Bertz CT molecular complexity index is 1470. The molecule has 0 aliphatic heterocycles. The van der Waals surface area contributed by atoms with E-state index in [1.54, 1.807) is 34.5 Å². The van der Waals surface area contributed by atoms with E-state index in [-0.39, 0.29) is 0 Å². The molecule has 2 N–H and O–H groups in total. The van der Waals surface area contributed by atoms with Crippen molar-refractivity contribution in [1.29, 1.82) is 0 Å². The first-order chi connectivity index (χ1) is 19.9. The minimum Gasteiger partial charge on any atom is -0.497 e. The number of benzene rings is 3. The number of ether oxygens (including phenoxy) is 4. The zero-order valence-corrected chi connectivity index (χ0v) is 24.8. The van der Waals surface area contributed by atoms with Gasteiger partial charge < -0.3 is 34.5 Å². The predicted molar refractivity (Wildman–Crippen MR) is 166 cm³/mol. The van der Waals surface area contributed by atoms with Crippen LogP contribution in [0.15, 0.2) is 60.7 Å². The van der Waals surface area contributed by atoms with E-state index in [9.17, 15) is 4.79 Å². The van der Waals surface area contributed by atoms with Crippen molar-refractivity contribution < 1.29 is 23.7 Å². The van der Waals surface area contributed by atoms with Crippen LogP contribution in [0.5, 0.6) is 23.0 Å². The van der Waals surface area contributed by atoms with Gasteiger partial charge in [-0.05, 0) is 60.7 Å². The third-order valence-corrected chi connectivity index (χ3v) is 6.76. The molecule has 216 valence electrons. The maximum absolute atomic E-state index is 13.2. The number of carbonyl (C=O) groups excluding carboxylic acids is 1. The molecule has 4 rings (SSSR count). The fourth-order valence-electron chi connectivity index (χ4n) is 4.43. The van der Waals surface area contributed by atoms with Crippen molar-refractivity contribution >= 4 is 57.2 Å². The molecule has 0 atom stereocenters. The van der Waals surface area contributed by atoms with Crippen LogP contribution in [0, 0.1) is 0 Å². The van der Waals surface area contributed by atoms with Gasteiger partial charge in [0.15, 0.2) is 11.5 Å². The van der Waals surface area contributed by atoms with Crippen molar-refractivity contribution in [3.63, 3.8) is 0 Å². The standard InChI is InChI=1S/C30H32Cl2N4O5/c1-38-22-9-10-24-23(17-22)26(18-25(34-24)19-15-27(39-2)29(41-4)28(16-19)40-3)35-30(37)33-20-5-7-21(8-6-20)36(13-11-31)14-12-32/h5-10,15-18H,11-14H2,1-4H3,(H2,33,34,35,37). The summed E-state index contributed by atoms with van der Waals surface area (Å²) in [4.78, 5) is 20.1. The lowest BCUT2D eigenvalue weighted by Crippen LogP contribution is -2.27.